The summed E-state index contributed by atoms with van der Waals surface area (Å²) in [6.07, 6.45) is -29.2. The highest BCUT2D eigenvalue weighted by Gasteiger charge is 2.48. The molecule has 0 aliphatic carbocycles. The number of rotatable bonds is 53. The minimum atomic E-state index is -1.76. The molecule has 1 aromatic rings. The third-order valence-electron chi connectivity index (χ3n) is 19.7. The summed E-state index contributed by atoms with van der Waals surface area (Å²) in [5, 5.41) is 176. The van der Waals surface area contributed by atoms with Gasteiger partial charge in [-0.15, -0.1) is 0 Å². The van der Waals surface area contributed by atoms with E-state index in [9.17, 15) is 125 Å². The fourth-order valence-corrected chi connectivity index (χ4v) is 12.7. The Morgan fingerprint density at radius 2 is 0.761 bits per heavy atom. The lowest BCUT2D eigenvalue weighted by atomic mass is 9.99. The zero-order valence-corrected chi connectivity index (χ0v) is 66.4. The van der Waals surface area contributed by atoms with Crippen LogP contribution in [0.4, 0.5) is 0 Å². The maximum absolute atomic E-state index is 14.0. The van der Waals surface area contributed by atoms with Crippen LogP contribution in [0.15, 0.2) is 30.3 Å². The van der Waals surface area contributed by atoms with Crippen molar-refractivity contribution in [1.29, 1.82) is 0 Å². The second-order valence-electron chi connectivity index (χ2n) is 30.0. The van der Waals surface area contributed by atoms with E-state index in [1.54, 1.807) is 20.8 Å². The van der Waals surface area contributed by atoms with Gasteiger partial charge >= 0.3 is 11.9 Å². The van der Waals surface area contributed by atoms with E-state index in [0.29, 0.717) is 44.9 Å². The Morgan fingerprint density at radius 3 is 1.17 bits per heavy atom. The first-order valence-electron chi connectivity index (χ1n) is 39.8. The minimum Gasteiger partial charge on any atom is -0.461 e. The Labute approximate surface area is 677 Å². The van der Waals surface area contributed by atoms with Crippen molar-refractivity contribution in [3.63, 3.8) is 0 Å². The Balaban J connectivity index is 1.18. The van der Waals surface area contributed by atoms with Crippen LogP contribution in [0.5, 0.6) is 0 Å². The number of nitrogens with zero attached hydrogens (tertiary/aromatic N) is 2. The number of ether oxygens (including phenoxy) is 10. The van der Waals surface area contributed by atoms with Gasteiger partial charge in [0, 0.05) is 77.8 Å². The van der Waals surface area contributed by atoms with E-state index in [2.05, 4.69) is 26.6 Å². The molecule has 4 saturated heterocycles. The third-order valence-corrected chi connectivity index (χ3v) is 19.7. The van der Waals surface area contributed by atoms with E-state index in [4.69, 9.17) is 47.4 Å². The second-order valence-corrected chi connectivity index (χ2v) is 30.0. The van der Waals surface area contributed by atoms with E-state index in [-0.39, 0.29) is 142 Å². The number of amides is 7. The molecule has 7 amide bonds. The Bertz CT molecular complexity index is 3020. The number of nitrogens with one attached hydrogen (secondary N) is 5. The molecular formula is C75H125N7O35. The molecule has 42 heteroatoms. The van der Waals surface area contributed by atoms with Crippen molar-refractivity contribution in [3.8, 4) is 0 Å². The SMILES string of the molecule is CC(C)(C)OC(=O)[C@H](CCC(=O)N[C@@H](CCC(=O)NCCCCCC(=O)N(CCO[C@H]1O[C@H](CO)[C@@H](O)[C@H](O)[C@@H]1O)CCO[C@H]1O[C@H](CO)[C@@H](O)[C@H](O)[C@@H]1O)C(=O)NCCCCCC(=O)N(CCO[C@H]1O[C@H](CO)[C@@H](O)[C@H](O)[C@@H]1O)CCO[C@H]1O[C@H](CO)[C@@H](O)[C@H](O)[C@@H]1O)NC(=O)CNC(=O)CCCCCCC(=O)OCc1ccccc1. The summed E-state index contributed by atoms with van der Waals surface area (Å²) in [5.74, 6) is -5.48. The number of aliphatic hydroxyl groups is 16. The van der Waals surface area contributed by atoms with Gasteiger partial charge < -0.3 is 165 Å². The van der Waals surface area contributed by atoms with Gasteiger partial charge in [-0.05, 0) is 77.7 Å². The van der Waals surface area contributed by atoms with Crippen LogP contribution in [0.3, 0.4) is 0 Å². The quantitative estimate of drug-likeness (QED) is 0.0213. The Hall–Kier alpha value is -6.51. The van der Waals surface area contributed by atoms with Crippen LogP contribution in [-0.4, -0.2) is 384 Å². The van der Waals surface area contributed by atoms with Crippen LogP contribution < -0.4 is 26.6 Å². The largest absolute Gasteiger partial charge is 0.461 e. The van der Waals surface area contributed by atoms with Crippen molar-refractivity contribution in [3.05, 3.63) is 35.9 Å². The second kappa shape index (κ2) is 53.3. The zero-order valence-electron chi connectivity index (χ0n) is 66.4. The first-order chi connectivity index (χ1) is 55.7. The number of aliphatic hydroxyl groups excluding tert-OH is 16. The van der Waals surface area contributed by atoms with Crippen LogP contribution in [-0.2, 0) is 97.1 Å². The Kier molecular flexibility index (Phi) is 46.0. The van der Waals surface area contributed by atoms with E-state index in [0.717, 1.165) is 5.56 Å². The van der Waals surface area contributed by atoms with Crippen LogP contribution in [0, 0.1) is 0 Å². The van der Waals surface area contributed by atoms with Crippen LogP contribution in [0.1, 0.15) is 142 Å². The molecule has 5 rings (SSSR count). The molecule has 0 saturated carbocycles. The standard InChI is InChI=1S/C75H125N7O35/c1-75(2,3)117-70(107)45(80-53(90)37-78-50(87)19-11-4-5-14-22-56(93)112-42-43-17-9-6-10-18-43)24-26-52(89)79-44(69(106)77-28-16-8-13-21-55(92)82(31-35-110-73-67(104)63(100)59(96)48(40-85)115-73)32-36-111-74-68(105)64(101)60(97)49(41-86)116-74)23-25-51(88)76-27-15-7-12-20-54(91)81(29-33-108-71-65(102)61(98)57(94)46(38-83)113-71)30-34-109-72-66(103)62(99)58(95)47(39-84)114-72/h6,9-10,17-18,44-49,57-68,71-74,83-86,94-105H,4-5,7-8,11-16,19-42H2,1-3H3,(H,76,88)(H,77,106)(H,78,87)(H,79,89)(H,80,90)/t44-,45-,46+,47+,48+,49+,57+,58+,59+,60+,61-,62-,63-,64-,65-,66-,67-,68-,71-,72-,73-,74-/m0/s1. The molecule has 4 aliphatic heterocycles. The maximum atomic E-state index is 14.0. The third kappa shape index (κ3) is 35.2. The highest BCUT2D eigenvalue weighted by Crippen LogP contribution is 2.27. The summed E-state index contributed by atoms with van der Waals surface area (Å²) in [4.78, 5) is 123. The number of esters is 2. The van der Waals surface area contributed by atoms with Crippen molar-refractivity contribution in [2.24, 2.45) is 0 Å². The van der Waals surface area contributed by atoms with Gasteiger partial charge in [0.15, 0.2) is 25.2 Å². The molecule has 0 aromatic heterocycles. The molecular weight excluding hydrogens is 1560 g/mol. The van der Waals surface area contributed by atoms with Crippen molar-refractivity contribution in [2.45, 2.75) is 283 Å². The van der Waals surface area contributed by atoms with Gasteiger partial charge in [-0.25, -0.2) is 4.79 Å². The maximum Gasteiger partial charge on any atom is 0.329 e. The molecule has 670 valence electrons. The van der Waals surface area contributed by atoms with Crippen molar-refractivity contribution in [1.82, 2.24) is 36.4 Å². The van der Waals surface area contributed by atoms with E-state index in [1.165, 1.54) is 9.80 Å². The zero-order chi connectivity index (χ0) is 86.3. The van der Waals surface area contributed by atoms with E-state index >= 15 is 0 Å². The highest BCUT2D eigenvalue weighted by molar-refractivity contribution is 5.90. The monoisotopic (exact) mass is 1680 g/mol. The molecule has 0 unspecified atom stereocenters. The molecule has 117 heavy (non-hydrogen) atoms. The molecule has 0 spiro atoms. The minimum absolute atomic E-state index is 0.0154. The first-order valence-corrected chi connectivity index (χ1v) is 39.8. The molecule has 4 aliphatic rings. The first kappa shape index (κ1) is 101. The van der Waals surface area contributed by atoms with Gasteiger partial charge in [-0.1, -0.05) is 56.0 Å². The number of hydrogen-bond acceptors (Lipinski definition) is 35. The lowest BCUT2D eigenvalue weighted by Crippen LogP contribution is -2.59. The summed E-state index contributed by atoms with van der Waals surface area (Å²) in [5.41, 5.74) is -0.191. The normalized spacial score (nSPS) is 27.8. The fourth-order valence-electron chi connectivity index (χ4n) is 12.7. The average molecular weight is 1680 g/mol. The number of unbranched alkanes of at least 4 members (excludes halogenated alkanes) is 7. The van der Waals surface area contributed by atoms with Gasteiger partial charge in [-0.3, -0.25) is 38.4 Å². The number of hydrogen-bond donors (Lipinski definition) is 21. The molecule has 4 fully saturated rings. The molecule has 0 bridgehead atoms. The molecule has 0 radical (unpaired) electrons. The number of carbonyl (C=O) groups is 9. The summed E-state index contributed by atoms with van der Waals surface area (Å²) in [7, 11) is 0. The van der Waals surface area contributed by atoms with Crippen LogP contribution in [0.25, 0.3) is 0 Å². The topological polar surface area (TPSA) is 636 Å². The van der Waals surface area contributed by atoms with E-state index < -0.39 is 227 Å². The predicted octanol–water partition coefficient (Wildman–Crippen LogP) is -7.67. The highest BCUT2D eigenvalue weighted by atomic mass is 16.7. The Morgan fingerprint density at radius 1 is 0.402 bits per heavy atom. The predicted molar refractivity (Wildman–Crippen MR) is 400 cm³/mol. The molecule has 21 N–H and O–H groups in total. The summed E-state index contributed by atoms with van der Waals surface area (Å²) >= 11 is 0. The van der Waals surface area contributed by atoms with Gasteiger partial charge in [0.1, 0.15) is 122 Å². The number of benzene rings is 1. The molecule has 4 heterocycles. The molecule has 1 aromatic carbocycles. The van der Waals surface area contributed by atoms with Crippen molar-refractivity contribution >= 4 is 53.3 Å². The summed E-state index contributed by atoms with van der Waals surface area (Å²) < 4.78 is 54.9. The molecule has 42 nitrogen and oxygen atoms in total. The smallest absolute Gasteiger partial charge is 0.329 e. The van der Waals surface area contributed by atoms with Gasteiger partial charge in [0.05, 0.1) is 59.4 Å². The average Bonchev–Trinajstić information content (AvgIpc) is 0.833. The van der Waals surface area contributed by atoms with Crippen molar-refractivity contribution in [2.75, 3.05) is 98.7 Å². The lowest BCUT2D eigenvalue weighted by molar-refractivity contribution is -0.303. The van der Waals surface area contributed by atoms with Crippen LogP contribution in [0.2, 0.25) is 0 Å². The van der Waals surface area contributed by atoms with E-state index in [1.807, 2.05) is 30.3 Å². The van der Waals surface area contributed by atoms with Gasteiger partial charge in [-0.2, -0.15) is 0 Å². The van der Waals surface area contributed by atoms with Gasteiger partial charge in [0.2, 0.25) is 41.4 Å². The van der Waals surface area contributed by atoms with Gasteiger partial charge in [0.25, 0.3) is 0 Å². The number of carbonyl (C=O) groups excluding carboxylic acids is 9. The van der Waals surface area contributed by atoms with Crippen LogP contribution >= 0.6 is 0 Å². The lowest BCUT2D eigenvalue weighted by Gasteiger charge is -2.40. The summed E-state index contributed by atoms with van der Waals surface area (Å²) in [6, 6.07) is 6.43. The fraction of sp³-hybridized carbons (Fsp3) is 0.800. The molecule has 22 atom stereocenters. The van der Waals surface area contributed by atoms with Crippen molar-refractivity contribution < 1.29 is 172 Å². The summed E-state index contributed by atoms with van der Waals surface area (Å²) in [6.45, 7) is -0.525.